The molecule has 1 spiro atoms. The molecular formula is C19H24F3NO4S. The second-order valence-corrected chi connectivity index (χ2v) is 10.0. The van der Waals surface area contributed by atoms with Gasteiger partial charge in [0.1, 0.15) is 12.1 Å². The molecule has 0 N–H and O–H groups in total. The Balaban J connectivity index is 1.85. The second-order valence-electron chi connectivity index (χ2n) is 8.20. The number of hydrogen-bond acceptors (Lipinski definition) is 4. The summed E-state index contributed by atoms with van der Waals surface area (Å²) in [4.78, 5) is 12.9. The zero-order valence-corrected chi connectivity index (χ0v) is 16.3. The summed E-state index contributed by atoms with van der Waals surface area (Å²) in [6, 6.07) is -1.17. The minimum Gasteiger partial charge on any atom is -0.455 e. The summed E-state index contributed by atoms with van der Waals surface area (Å²) in [5.41, 5.74) is -4.86. The highest BCUT2D eigenvalue weighted by atomic mass is 32.2. The lowest BCUT2D eigenvalue weighted by Crippen LogP contribution is -2.56. The lowest BCUT2D eigenvalue weighted by atomic mass is 9.67. The van der Waals surface area contributed by atoms with Crippen molar-refractivity contribution in [1.29, 1.82) is 0 Å². The van der Waals surface area contributed by atoms with Crippen LogP contribution in [0, 0.1) is 5.41 Å². The van der Waals surface area contributed by atoms with Crippen molar-refractivity contribution in [3.63, 3.8) is 0 Å². The van der Waals surface area contributed by atoms with Crippen LogP contribution in [0.1, 0.15) is 64.2 Å². The molecule has 2 aliphatic heterocycles. The van der Waals surface area contributed by atoms with E-state index >= 15 is 0 Å². The summed E-state index contributed by atoms with van der Waals surface area (Å²) in [6.45, 7) is 0. The van der Waals surface area contributed by atoms with Gasteiger partial charge in [0.2, 0.25) is 0 Å². The maximum Gasteiger partial charge on any atom is 0.516 e. The molecule has 0 bridgehead atoms. The van der Waals surface area contributed by atoms with Gasteiger partial charge in [-0.25, -0.2) is 0 Å². The maximum absolute atomic E-state index is 13.4. The number of carbonyl (C=O) groups excluding carboxylic acids is 1. The number of alkyl halides is 3. The summed E-state index contributed by atoms with van der Waals surface area (Å²) in [6.07, 6.45) is 9.07. The molecule has 4 rings (SSSR count). The van der Waals surface area contributed by atoms with Gasteiger partial charge < -0.3 is 4.74 Å². The average molecular weight is 419 g/mol. The van der Waals surface area contributed by atoms with Crippen LogP contribution < -0.4 is 0 Å². The van der Waals surface area contributed by atoms with E-state index in [-0.39, 0.29) is 0 Å². The minimum atomic E-state index is -5.61. The number of carbonyl (C=O) groups is 1. The predicted molar refractivity (Wildman–Crippen MR) is 95.3 cm³/mol. The molecule has 2 atom stereocenters. The van der Waals surface area contributed by atoms with Crippen LogP contribution in [0.4, 0.5) is 13.2 Å². The molecule has 9 heteroatoms. The van der Waals surface area contributed by atoms with Gasteiger partial charge in [-0.15, -0.1) is 0 Å². The first-order valence-electron chi connectivity index (χ1n) is 9.89. The maximum atomic E-state index is 13.4. The van der Waals surface area contributed by atoms with E-state index in [0.29, 0.717) is 35.6 Å². The van der Waals surface area contributed by atoms with Crippen molar-refractivity contribution in [1.82, 2.24) is 4.31 Å². The van der Waals surface area contributed by atoms with E-state index in [1.54, 1.807) is 0 Å². The van der Waals surface area contributed by atoms with E-state index < -0.39 is 39.1 Å². The van der Waals surface area contributed by atoms with E-state index in [4.69, 9.17) is 4.74 Å². The van der Waals surface area contributed by atoms with Gasteiger partial charge in [0.05, 0.1) is 5.41 Å². The Kier molecular flexibility index (Phi) is 4.79. The number of esters is 1. The van der Waals surface area contributed by atoms with E-state index in [2.05, 4.69) is 0 Å². The van der Waals surface area contributed by atoms with Gasteiger partial charge in [0, 0.05) is 6.20 Å². The van der Waals surface area contributed by atoms with Crippen LogP contribution in [0.2, 0.25) is 0 Å². The SMILES string of the molecule is O=C1OC2C(=C3CCCCC3)C=CN(S(=O)(=O)C(F)(F)F)C2C12CCCCC2. The van der Waals surface area contributed by atoms with Crippen LogP contribution in [0.5, 0.6) is 0 Å². The van der Waals surface area contributed by atoms with Crippen molar-refractivity contribution in [2.45, 2.75) is 81.9 Å². The number of sulfonamides is 1. The van der Waals surface area contributed by atoms with Gasteiger partial charge in [0.15, 0.2) is 0 Å². The molecule has 0 aromatic rings. The van der Waals surface area contributed by atoms with Crippen molar-refractivity contribution in [2.75, 3.05) is 0 Å². The van der Waals surface area contributed by atoms with Crippen LogP contribution in [0.15, 0.2) is 23.4 Å². The third kappa shape index (κ3) is 2.88. The lowest BCUT2D eigenvalue weighted by molar-refractivity contribution is -0.149. The minimum absolute atomic E-state index is 0.354. The highest BCUT2D eigenvalue weighted by molar-refractivity contribution is 7.90. The van der Waals surface area contributed by atoms with Crippen LogP contribution >= 0.6 is 0 Å². The Bertz CT molecular complexity index is 817. The Morgan fingerprint density at radius 3 is 2.25 bits per heavy atom. The molecule has 156 valence electrons. The van der Waals surface area contributed by atoms with Gasteiger partial charge >= 0.3 is 21.5 Å². The number of hydrogen-bond donors (Lipinski definition) is 0. The Morgan fingerprint density at radius 2 is 1.64 bits per heavy atom. The largest absolute Gasteiger partial charge is 0.516 e. The molecule has 5 nitrogen and oxygen atoms in total. The van der Waals surface area contributed by atoms with Crippen LogP contribution in [0.25, 0.3) is 0 Å². The second kappa shape index (κ2) is 6.78. The molecule has 0 radical (unpaired) electrons. The molecule has 2 unspecified atom stereocenters. The molecule has 0 aromatic carbocycles. The molecule has 1 saturated heterocycles. The van der Waals surface area contributed by atoms with E-state index in [1.807, 2.05) is 0 Å². The highest BCUT2D eigenvalue weighted by Crippen LogP contribution is 2.53. The van der Waals surface area contributed by atoms with Crippen molar-refractivity contribution >= 4 is 16.0 Å². The fourth-order valence-corrected chi connectivity index (χ4v) is 6.35. The summed E-state index contributed by atoms with van der Waals surface area (Å²) in [7, 11) is -5.61. The van der Waals surface area contributed by atoms with Crippen LogP contribution in [0.3, 0.4) is 0 Å². The van der Waals surface area contributed by atoms with Crippen molar-refractivity contribution < 1.29 is 31.1 Å². The number of halogens is 3. The summed E-state index contributed by atoms with van der Waals surface area (Å²) < 4.78 is 70.8. The van der Waals surface area contributed by atoms with Crippen molar-refractivity contribution in [2.24, 2.45) is 5.41 Å². The summed E-state index contributed by atoms with van der Waals surface area (Å²) in [5.74, 6) is -0.554. The number of ether oxygens (including phenoxy) is 1. The predicted octanol–water partition coefficient (Wildman–Crippen LogP) is 4.17. The monoisotopic (exact) mass is 419 g/mol. The van der Waals surface area contributed by atoms with E-state index in [0.717, 1.165) is 50.3 Å². The fraction of sp³-hybridized carbons (Fsp3) is 0.737. The standard InChI is InChI=1S/C19H24F3NO4S/c20-19(21,22)28(25,26)23-12-9-14(13-7-3-1-4-8-13)15-16(23)18(17(24)27-15)10-5-2-6-11-18/h9,12,15-16H,1-8,10-11H2. The third-order valence-corrected chi connectivity index (χ3v) is 8.15. The van der Waals surface area contributed by atoms with Gasteiger partial charge in [0.25, 0.3) is 0 Å². The molecule has 2 aliphatic carbocycles. The first-order valence-corrected chi connectivity index (χ1v) is 11.3. The lowest BCUT2D eigenvalue weighted by Gasteiger charge is -2.43. The van der Waals surface area contributed by atoms with Crippen LogP contribution in [-0.2, 0) is 19.6 Å². The van der Waals surface area contributed by atoms with Crippen molar-refractivity contribution in [3.8, 4) is 0 Å². The first kappa shape index (κ1) is 19.8. The quantitative estimate of drug-likeness (QED) is 0.599. The molecule has 0 amide bonds. The van der Waals surface area contributed by atoms with E-state index in [9.17, 15) is 26.4 Å². The molecule has 3 fully saturated rings. The number of rotatable bonds is 1. The number of allylic oxidation sites excluding steroid dienone is 1. The molecule has 4 aliphatic rings. The smallest absolute Gasteiger partial charge is 0.455 e. The van der Waals surface area contributed by atoms with Crippen molar-refractivity contribution in [3.05, 3.63) is 23.4 Å². The van der Waals surface area contributed by atoms with Crippen LogP contribution in [-0.4, -0.2) is 36.3 Å². The zero-order valence-electron chi connectivity index (χ0n) is 15.5. The Hall–Kier alpha value is -1.51. The van der Waals surface area contributed by atoms with Gasteiger partial charge in [-0.05, 0) is 50.2 Å². The molecule has 0 aromatic heterocycles. The van der Waals surface area contributed by atoms with Gasteiger partial charge in [-0.3, -0.25) is 9.10 Å². The Labute approximate surface area is 162 Å². The van der Waals surface area contributed by atoms with Gasteiger partial charge in [-0.2, -0.15) is 21.6 Å². The number of fused-ring (bicyclic) bond motifs is 2. The molecule has 2 heterocycles. The number of nitrogens with zero attached hydrogens (tertiary/aromatic N) is 1. The topological polar surface area (TPSA) is 63.7 Å². The highest BCUT2D eigenvalue weighted by Gasteiger charge is 2.65. The zero-order chi connectivity index (χ0) is 20.2. The average Bonchev–Trinajstić information content (AvgIpc) is 2.93. The normalized spacial score (nSPS) is 30.5. The molecule has 28 heavy (non-hydrogen) atoms. The van der Waals surface area contributed by atoms with E-state index in [1.165, 1.54) is 6.08 Å². The summed E-state index contributed by atoms with van der Waals surface area (Å²) >= 11 is 0. The molecule has 2 saturated carbocycles. The molecular weight excluding hydrogens is 395 g/mol. The fourth-order valence-electron chi connectivity index (χ4n) is 5.28. The third-order valence-electron chi connectivity index (χ3n) is 6.66. The Morgan fingerprint density at radius 1 is 1.04 bits per heavy atom. The first-order chi connectivity index (χ1) is 13.2. The van der Waals surface area contributed by atoms with Gasteiger partial charge in [-0.1, -0.05) is 31.3 Å². The summed E-state index contributed by atoms with van der Waals surface area (Å²) in [5, 5.41) is 0.